The van der Waals surface area contributed by atoms with Gasteiger partial charge >= 0.3 is 6.03 Å². The minimum absolute atomic E-state index is 0.161. The zero-order valence-electron chi connectivity index (χ0n) is 15.0. The van der Waals surface area contributed by atoms with Crippen molar-refractivity contribution in [1.82, 2.24) is 35.2 Å². The summed E-state index contributed by atoms with van der Waals surface area (Å²) in [6.07, 6.45) is 3.35. The highest BCUT2D eigenvalue weighted by molar-refractivity contribution is 5.75. The van der Waals surface area contributed by atoms with Crippen LogP contribution in [0.2, 0.25) is 0 Å². The van der Waals surface area contributed by atoms with Crippen molar-refractivity contribution in [3.05, 3.63) is 59.9 Å². The Morgan fingerprint density at radius 2 is 2.26 bits per heavy atom. The largest absolute Gasteiger partial charge is 0.377 e. The highest BCUT2D eigenvalue weighted by atomic mass is 16.5. The number of aromatic amines is 1. The molecule has 1 aliphatic rings. The van der Waals surface area contributed by atoms with Gasteiger partial charge in [-0.15, -0.1) is 0 Å². The number of para-hydroxylation sites is 1. The van der Waals surface area contributed by atoms with Crippen LogP contribution in [0.1, 0.15) is 23.1 Å². The van der Waals surface area contributed by atoms with E-state index in [-0.39, 0.29) is 12.1 Å². The third-order valence-electron chi connectivity index (χ3n) is 4.53. The molecule has 9 heteroatoms. The number of amides is 2. The summed E-state index contributed by atoms with van der Waals surface area (Å²) >= 11 is 0. The number of carbonyl (C=O) groups is 1. The number of hydrogen-bond acceptors (Lipinski definition) is 5. The molecule has 1 fully saturated rings. The van der Waals surface area contributed by atoms with E-state index in [0.717, 1.165) is 16.9 Å². The lowest BCUT2D eigenvalue weighted by Crippen LogP contribution is -2.48. The average Bonchev–Trinajstić information content (AvgIpc) is 3.38. The van der Waals surface area contributed by atoms with Crippen LogP contribution in [0.4, 0.5) is 4.79 Å². The van der Waals surface area contributed by atoms with Crippen molar-refractivity contribution in [2.45, 2.75) is 19.5 Å². The lowest BCUT2D eigenvalue weighted by atomic mass is 10.1. The Balaban J connectivity index is 1.48. The first kappa shape index (κ1) is 17.2. The quantitative estimate of drug-likeness (QED) is 0.729. The Bertz CT molecular complexity index is 906. The van der Waals surface area contributed by atoms with Crippen molar-refractivity contribution >= 4 is 6.03 Å². The maximum atomic E-state index is 12.8. The smallest absolute Gasteiger partial charge is 0.318 e. The summed E-state index contributed by atoms with van der Waals surface area (Å²) < 4.78 is 7.33. The Morgan fingerprint density at radius 1 is 1.37 bits per heavy atom. The third kappa shape index (κ3) is 3.68. The van der Waals surface area contributed by atoms with E-state index in [9.17, 15) is 4.79 Å². The van der Waals surface area contributed by atoms with E-state index in [2.05, 4.69) is 25.6 Å². The molecule has 2 N–H and O–H groups in total. The van der Waals surface area contributed by atoms with E-state index in [0.29, 0.717) is 32.1 Å². The molecule has 9 nitrogen and oxygen atoms in total. The number of aryl methyl sites for hydroxylation is 1. The van der Waals surface area contributed by atoms with Gasteiger partial charge in [0.15, 0.2) is 0 Å². The summed E-state index contributed by atoms with van der Waals surface area (Å²) in [7, 11) is 0. The maximum absolute atomic E-state index is 12.8. The first-order chi connectivity index (χ1) is 13.2. The van der Waals surface area contributed by atoms with Gasteiger partial charge in [-0.05, 0) is 24.6 Å². The summed E-state index contributed by atoms with van der Waals surface area (Å²) in [5.74, 6) is 0.622. The van der Waals surface area contributed by atoms with Gasteiger partial charge in [0.25, 0.3) is 0 Å². The molecule has 0 radical (unpaired) electrons. The molecule has 1 aromatic carbocycles. The van der Waals surface area contributed by atoms with Crippen LogP contribution in [0.25, 0.3) is 5.69 Å². The summed E-state index contributed by atoms with van der Waals surface area (Å²) in [5.41, 5.74) is 2.87. The molecule has 3 heterocycles. The van der Waals surface area contributed by atoms with Crippen molar-refractivity contribution in [2.24, 2.45) is 0 Å². The molecule has 0 aliphatic carbocycles. The van der Waals surface area contributed by atoms with E-state index in [1.807, 2.05) is 48.1 Å². The molecule has 1 atom stereocenters. The Labute approximate surface area is 156 Å². The molecule has 2 aromatic heterocycles. The van der Waals surface area contributed by atoms with Crippen molar-refractivity contribution < 1.29 is 9.53 Å². The lowest BCUT2D eigenvalue weighted by molar-refractivity contribution is 0.00865. The molecule has 1 aliphatic heterocycles. The molecule has 2 amide bonds. The van der Waals surface area contributed by atoms with E-state index >= 15 is 0 Å². The SMILES string of the molecule is Cc1ccn(-c2ccccc2CNC(=O)N2CCOCC2c2ncn[nH]2)n1. The molecule has 4 rings (SSSR count). The van der Waals surface area contributed by atoms with Crippen molar-refractivity contribution in [1.29, 1.82) is 0 Å². The van der Waals surface area contributed by atoms with Crippen LogP contribution in [0.15, 0.2) is 42.9 Å². The summed E-state index contributed by atoms with van der Waals surface area (Å²) in [5, 5.41) is 14.2. The van der Waals surface area contributed by atoms with Crippen molar-refractivity contribution in [3.8, 4) is 5.69 Å². The second-order valence-electron chi connectivity index (χ2n) is 6.34. The molecule has 0 spiro atoms. The highest BCUT2D eigenvalue weighted by Crippen LogP contribution is 2.21. The van der Waals surface area contributed by atoms with Crippen LogP contribution in [0.5, 0.6) is 0 Å². The fourth-order valence-electron chi connectivity index (χ4n) is 3.15. The van der Waals surface area contributed by atoms with Crippen LogP contribution in [-0.4, -0.2) is 55.7 Å². The van der Waals surface area contributed by atoms with Gasteiger partial charge in [-0.3, -0.25) is 5.10 Å². The zero-order valence-corrected chi connectivity index (χ0v) is 15.0. The van der Waals surface area contributed by atoms with Crippen LogP contribution >= 0.6 is 0 Å². The molecule has 1 saturated heterocycles. The van der Waals surface area contributed by atoms with Gasteiger partial charge in [0.2, 0.25) is 0 Å². The van der Waals surface area contributed by atoms with Gasteiger partial charge in [-0.1, -0.05) is 18.2 Å². The number of nitrogens with one attached hydrogen (secondary N) is 2. The number of hydrogen-bond donors (Lipinski definition) is 2. The number of benzene rings is 1. The number of aromatic nitrogens is 5. The number of urea groups is 1. The van der Waals surface area contributed by atoms with Crippen molar-refractivity contribution in [3.63, 3.8) is 0 Å². The topological polar surface area (TPSA) is 101 Å². The predicted molar refractivity (Wildman–Crippen MR) is 97.2 cm³/mol. The minimum Gasteiger partial charge on any atom is -0.377 e. The highest BCUT2D eigenvalue weighted by Gasteiger charge is 2.30. The number of rotatable bonds is 4. The molecule has 1 unspecified atom stereocenters. The van der Waals surface area contributed by atoms with Gasteiger partial charge in [0.05, 0.1) is 24.6 Å². The predicted octanol–water partition coefficient (Wildman–Crippen LogP) is 1.58. The van der Waals surface area contributed by atoms with E-state index in [4.69, 9.17) is 4.74 Å². The van der Waals surface area contributed by atoms with Gasteiger partial charge in [0, 0.05) is 19.3 Å². The molecule has 140 valence electrons. The summed E-state index contributed by atoms with van der Waals surface area (Å²) in [6, 6.07) is 9.40. The first-order valence-corrected chi connectivity index (χ1v) is 8.80. The summed E-state index contributed by atoms with van der Waals surface area (Å²) in [4.78, 5) is 18.7. The fourth-order valence-corrected chi connectivity index (χ4v) is 3.15. The monoisotopic (exact) mass is 367 g/mol. The van der Waals surface area contributed by atoms with Crippen LogP contribution in [0.3, 0.4) is 0 Å². The summed E-state index contributed by atoms with van der Waals surface area (Å²) in [6.45, 7) is 3.74. The third-order valence-corrected chi connectivity index (χ3v) is 4.53. The molecule has 27 heavy (non-hydrogen) atoms. The standard InChI is InChI=1S/C18H21N7O2/c1-13-6-7-25(23-13)15-5-3-2-4-14(15)10-19-18(26)24-8-9-27-11-16(24)17-20-12-21-22-17/h2-7,12,16H,8-11H2,1H3,(H,19,26)(H,20,21,22). The number of nitrogens with zero attached hydrogens (tertiary/aromatic N) is 5. The Hall–Kier alpha value is -3.20. The first-order valence-electron chi connectivity index (χ1n) is 8.80. The second kappa shape index (κ2) is 7.58. The minimum atomic E-state index is -0.273. The van der Waals surface area contributed by atoms with E-state index in [1.54, 1.807) is 4.90 Å². The second-order valence-corrected chi connectivity index (χ2v) is 6.34. The van der Waals surface area contributed by atoms with Gasteiger partial charge in [0.1, 0.15) is 18.2 Å². The van der Waals surface area contributed by atoms with E-state index in [1.165, 1.54) is 6.33 Å². The average molecular weight is 367 g/mol. The lowest BCUT2D eigenvalue weighted by Gasteiger charge is -2.34. The van der Waals surface area contributed by atoms with E-state index < -0.39 is 0 Å². The molecule has 0 saturated carbocycles. The molecule has 3 aromatic rings. The molecule has 0 bridgehead atoms. The number of carbonyl (C=O) groups excluding carboxylic acids is 1. The van der Waals surface area contributed by atoms with Gasteiger partial charge in [-0.25, -0.2) is 14.5 Å². The number of morpholine rings is 1. The zero-order chi connectivity index (χ0) is 18.6. The fraction of sp³-hybridized carbons (Fsp3) is 0.333. The van der Waals surface area contributed by atoms with Crippen LogP contribution in [0, 0.1) is 6.92 Å². The van der Waals surface area contributed by atoms with Crippen LogP contribution < -0.4 is 5.32 Å². The Kier molecular flexibility index (Phi) is 4.84. The Morgan fingerprint density at radius 3 is 3.04 bits per heavy atom. The number of ether oxygens (including phenoxy) is 1. The van der Waals surface area contributed by atoms with Gasteiger partial charge < -0.3 is 15.0 Å². The molecular weight excluding hydrogens is 346 g/mol. The normalized spacial score (nSPS) is 17.1. The molecular formula is C18H21N7O2. The van der Waals surface area contributed by atoms with Crippen molar-refractivity contribution in [2.75, 3.05) is 19.8 Å². The van der Waals surface area contributed by atoms with Gasteiger partial charge in [-0.2, -0.15) is 10.2 Å². The number of H-pyrrole nitrogens is 1. The van der Waals surface area contributed by atoms with Crippen LogP contribution in [-0.2, 0) is 11.3 Å². The maximum Gasteiger partial charge on any atom is 0.318 e.